The molecule has 0 saturated carbocycles. The van der Waals surface area contributed by atoms with Gasteiger partial charge in [0.25, 0.3) is 0 Å². The van der Waals surface area contributed by atoms with E-state index in [0.29, 0.717) is 17.0 Å². The highest BCUT2D eigenvalue weighted by atomic mass is 35.5. The zero-order valence-electron chi connectivity index (χ0n) is 17.2. The van der Waals surface area contributed by atoms with Crippen LogP contribution in [-0.2, 0) is 27.8 Å². The molecule has 1 aliphatic rings. The normalized spacial score (nSPS) is 16.4. The van der Waals surface area contributed by atoms with Gasteiger partial charge in [0.15, 0.2) is 0 Å². The van der Waals surface area contributed by atoms with E-state index < -0.39 is 21.9 Å². The molecule has 5 nitrogen and oxygen atoms in total. The van der Waals surface area contributed by atoms with E-state index in [9.17, 15) is 17.6 Å². The van der Waals surface area contributed by atoms with Crippen molar-refractivity contribution in [1.29, 1.82) is 0 Å². The third-order valence-corrected chi connectivity index (χ3v) is 7.77. The Morgan fingerprint density at radius 2 is 1.72 bits per heavy atom. The molecular formula is C24H22ClFN2O3S. The monoisotopic (exact) mass is 472 g/mol. The van der Waals surface area contributed by atoms with E-state index in [4.69, 9.17) is 11.6 Å². The van der Waals surface area contributed by atoms with Crippen LogP contribution >= 0.6 is 11.6 Å². The number of benzene rings is 3. The standard InChI is InChI=1S/C24H22ClFN2O3S/c25-19-9-11-20(12-10-19)32(30,31)28-14-13-17-5-1-3-7-21(17)23(28)15-24(29)27-16-18-6-2-4-8-22(18)26/h1-12,23H,13-16H2,(H,27,29)/t23-/m0/s1. The van der Waals surface area contributed by atoms with Gasteiger partial charge >= 0.3 is 0 Å². The number of rotatable bonds is 6. The maximum atomic E-state index is 13.9. The first-order chi connectivity index (χ1) is 15.4. The lowest BCUT2D eigenvalue weighted by Crippen LogP contribution is -2.42. The molecule has 3 aromatic carbocycles. The third-order valence-electron chi connectivity index (χ3n) is 5.60. The van der Waals surface area contributed by atoms with Crippen molar-refractivity contribution < 1.29 is 17.6 Å². The Morgan fingerprint density at radius 1 is 1.03 bits per heavy atom. The number of fused-ring (bicyclic) bond motifs is 1. The van der Waals surface area contributed by atoms with Gasteiger partial charge in [-0.15, -0.1) is 0 Å². The van der Waals surface area contributed by atoms with E-state index in [1.54, 1.807) is 18.2 Å². The predicted octanol–water partition coefficient (Wildman–Crippen LogP) is 4.47. The number of sulfonamides is 1. The fourth-order valence-corrected chi connectivity index (χ4v) is 5.68. The summed E-state index contributed by atoms with van der Waals surface area (Å²) in [5.41, 5.74) is 2.19. The molecule has 0 saturated heterocycles. The van der Waals surface area contributed by atoms with Crippen LogP contribution in [-0.4, -0.2) is 25.2 Å². The van der Waals surface area contributed by atoms with Gasteiger partial charge in [0.1, 0.15) is 5.82 Å². The highest BCUT2D eigenvalue weighted by Crippen LogP contribution is 2.36. The average molecular weight is 473 g/mol. The van der Waals surface area contributed by atoms with Gasteiger partial charge in [0, 0.05) is 30.1 Å². The fraction of sp³-hybridized carbons (Fsp3) is 0.208. The Labute approximate surface area is 191 Å². The first kappa shape index (κ1) is 22.5. The van der Waals surface area contributed by atoms with Crippen molar-refractivity contribution in [2.24, 2.45) is 0 Å². The summed E-state index contributed by atoms with van der Waals surface area (Å²) in [6.07, 6.45) is 0.481. The van der Waals surface area contributed by atoms with E-state index in [-0.39, 0.29) is 30.3 Å². The number of halogens is 2. The molecule has 0 spiro atoms. The van der Waals surface area contributed by atoms with Crippen molar-refractivity contribution in [3.8, 4) is 0 Å². The Bertz CT molecular complexity index is 1230. The van der Waals surface area contributed by atoms with E-state index in [0.717, 1.165) is 11.1 Å². The summed E-state index contributed by atoms with van der Waals surface area (Å²) in [5.74, 6) is -0.756. The Kier molecular flexibility index (Phi) is 6.60. The van der Waals surface area contributed by atoms with Crippen molar-refractivity contribution in [2.75, 3.05) is 6.54 Å². The summed E-state index contributed by atoms with van der Waals surface area (Å²) >= 11 is 5.92. The zero-order valence-corrected chi connectivity index (χ0v) is 18.7. The third kappa shape index (κ3) is 4.70. The van der Waals surface area contributed by atoms with Gasteiger partial charge < -0.3 is 5.32 Å². The van der Waals surface area contributed by atoms with Crippen LogP contribution in [0.3, 0.4) is 0 Å². The molecule has 8 heteroatoms. The highest BCUT2D eigenvalue weighted by Gasteiger charge is 2.37. The Morgan fingerprint density at radius 3 is 2.47 bits per heavy atom. The van der Waals surface area contributed by atoms with E-state index in [2.05, 4.69) is 5.32 Å². The van der Waals surface area contributed by atoms with Crippen LogP contribution in [0.2, 0.25) is 5.02 Å². The van der Waals surface area contributed by atoms with Crippen LogP contribution in [0.25, 0.3) is 0 Å². The van der Waals surface area contributed by atoms with Crippen molar-refractivity contribution >= 4 is 27.5 Å². The molecule has 1 atom stereocenters. The van der Waals surface area contributed by atoms with Crippen molar-refractivity contribution in [2.45, 2.75) is 30.3 Å². The summed E-state index contributed by atoms with van der Waals surface area (Å²) in [5, 5.41) is 3.16. The molecule has 4 rings (SSSR count). The van der Waals surface area contributed by atoms with Gasteiger partial charge in [0.2, 0.25) is 15.9 Å². The van der Waals surface area contributed by atoms with E-state index in [1.165, 1.54) is 34.6 Å². The quantitative estimate of drug-likeness (QED) is 0.575. The maximum Gasteiger partial charge on any atom is 0.243 e. The second kappa shape index (κ2) is 9.40. The van der Waals surface area contributed by atoms with Gasteiger partial charge in [-0.2, -0.15) is 4.31 Å². The molecule has 1 amide bonds. The summed E-state index contributed by atoms with van der Waals surface area (Å²) in [6.45, 7) is 0.289. The van der Waals surface area contributed by atoms with Crippen LogP contribution in [0.5, 0.6) is 0 Å². The first-order valence-corrected chi connectivity index (χ1v) is 12.0. The van der Waals surface area contributed by atoms with Gasteiger partial charge in [-0.05, 0) is 47.9 Å². The SMILES string of the molecule is O=C(C[C@H]1c2ccccc2CCN1S(=O)(=O)c1ccc(Cl)cc1)NCc1ccccc1F. The fourth-order valence-electron chi connectivity index (χ4n) is 3.95. The molecule has 0 aromatic heterocycles. The van der Waals surface area contributed by atoms with Crippen molar-refractivity contribution in [1.82, 2.24) is 9.62 Å². The lowest BCUT2D eigenvalue weighted by atomic mass is 9.92. The number of carbonyl (C=O) groups is 1. The van der Waals surface area contributed by atoms with Crippen molar-refractivity contribution in [3.63, 3.8) is 0 Å². The predicted molar refractivity (Wildman–Crippen MR) is 121 cm³/mol. The molecule has 0 fully saturated rings. The molecule has 166 valence electrons. The number of carbonyl (C=O) groups excluding carboxylic acids is 1. The van der Waals surface area contributed by atoms with Crippen molar-refractivity contribution in [3.05, 3.63) is 100 Å². The molecule has 1 N–H and O–H groups in total. The molecule has 0 aliphatic carbocycles. The second-order valence-corrected chi connectivity index (χ2v) is 9.93. The van der Waals surface area contributed by atoms with E-state index >= 15 is 0 Å². The van der Waals surface area contributed by atoms with Crippen LogP contribution in [0.4, 0.5) is 4.39 Å². The second-order valence-electron chi connectivity index (χ2n) is 7.61. The summed E-state index contributed by atoms with van der Waals surface area (Å²) in [7, 11) is -3.86. The first-order valence-electron chi connectivity index (χ1n) is 10.2. The maximum absolute atomic E-state index is 13.9. The number of hydrogen-bond donors (Lipinski definition) is 1. The summed E-state index contributed by atoms with van der Waals surface area (Å²) in [6, 6.07) is 19.1. The molecule has 32 heavy (non-hydrogen) atoms. The van der Waals surface area contributed by atoms with Gasteiger partial charge in [-0.1, -0.05) is 54.1 Å². The Balaban J connectivity index is 1.60. The molecular weight excluding hydrogens is 451 g/mol. The van der Waals surface area contributed by atoms with Crippen LogP contribution < -0.4 is 5.32 Å². The lowest BCUT2D eigenvalue weighted by molar-refractivity contribution is -0.122. The molecule has 0 bridgehead atoms. The topological polar surface area (TPSA) is 66.5 Å². The minimum atomic E-state index is -3.86. The summed E-state index contributed by atoms with van der Waals surface area (Å²) in [4.78, 5) is 12.9. The van der Waals surface area contributed by atoms with Crippen LogP contribution in [0, 0.1) is 5.82 Å². The highest BCUT2D eigenvalue weighted by molar-refractivity contribution is 7.89. The smallest absolute Gasteiger partial charge is 0.243 e. The molecule has 1 heterocycles. The average Bonchev–Trinajstić information content (AvgIpc) is 2.79. The Hall–Kier alpha value is -2.74. The van der Waals surface area contributed by atoms with Crippen LogP contribution in [0.15, 0.2) is 77.7 Å². The molecule has 0 unspecified atom stereocenters. The van der Waals surface area contributed by atoms with Gasteiger partial charge in [0.05, 0.1) is 10.9 Å². The van der Waals surface area contributed by atoms with Gasteiger partial charge in [-0.25, -0.2) is 12.8 Å². The molecule has 3 aromatic rings. The minimum Gasteiger partial charge on any atom is -0.352 e. The van der Waals surface area contributed by atoms with Crippen LogP contribution in [0.1, 0.15) is 29.2 Å². The summed E-state index contributed by atoms with van der Waals surface area (Å²) < 4.78 is 42.1. The number of nitrogens with zero attached hydrogens (tertiary/aromatic N) is 1. The molecule has 0 radical (unpaired) electrons. The minimum absolute atomic E-state index is 0.0316. The van der Waals surface area contributed by atoms with E-state index in [1.807, 2.05) is 24.3 Å². The number of nitrogens with one attached hydrogen (secondary N) is 1. The lowest BCUT2D eigenvalue weighted by Gasteiger charge is -2.36. The molecule has 1 aliphatic heterocycles. The number of amides is 1. The number of hydrogen-bond acceptors (Lipinski definition) is 3. The van der Waals surface area contributed by atoms with Gasteiger partial charge in [-0.3, -0.25) is 4.79 Å². The largest absolute Gasteiger partial charge is 0.352 e. The zero-order chi connectivity index (χ0) is 22.7.